The molecule has 0 spiro atoms. The maximum absolute atomic E-state index is 11.7. The molecule has 0 heterocycles. The van der Waals surface area contributed by atoms with Crippen molar-refractivity contribution in [2.75, 3.05) is 11.9 Å². The highest BCUT2D eigenvalue weighted by atomic mass is 79.9. The summed E-state index contributed by atoms with van der Waals surface area (Å²) >= 11 is 9.08. The van der Waals surface area contributed by atoms with Gasteiger partial charge in [0, 0.05) is 17.4 Å². The van der Waals surface area contributed by atoms with Gasteiger partial charge in [0.2, 0.25) is 0 Å². The highest BCUT2D eigenvalue weighted by Crippen LogP contribution is 2.23. The fourth-order valence-corrected chi connectivity index (χ4v) is 1.93. The van der Waals surface area contributed by atoms with E-state index in [1.807, 2.05) is 0 Å². The highest BCUT2D eigenvalue weighted by molar-refractivity contribution is 9.09. The number of rotatable bonds is 6. The molecule has 1 amide bonds. The van der Waals surface area contributed by atoms with E-state index in [9.17, 15) is 9.90 Å². The summed E-state index contributed by atoms with van der Waals surface area (Å²) in [6.07, 6.45) is 3.16. The smallest absolute Gasteiger partial charge is 0.251 e. The van der Waals surface area contributed by atoms with Crippen molar-refractivity contribution in [2.45, 2.75) is 19.3 Å². The molecular formula is C12H15BrClNO2. The van der Waals surface area contributed by atoms with Crippen molar-refractivity contribution in [1.29, 1.82) is 0 Å². The Labute approximate surface area is 114 Å². The first kappa shape index (κ1) is 14.3. The van der Waals surface area contributed by atoms with Gasteiger partial charge in [-0.3, -0.25) is 4.79 Å². The molecule has 0 atom stereocenters. The van der Waals surface area contributed by atoms with Crippen LogP contribution >= 0.6 is 27.5 Å². The number of benzene rings is 1. The molecule has 0 saturated heterocycles. The van der Waals surface area contributed by atoms with E-state index < -0.39 is 0 Å². The Morgan fingerprint density at radius 3 is 2.76 bits per heavy atom. The van der Waals surface area contributed by atoms with Crippen LogP contribution < -0.4 is 5.32 Å². The predicted molar refractivity (Wildman–Crippen MR) is 73.1 cm³/mol. The Morgan fingerprint density at radius 1 is 1.35 bits per heavy atom. The second kappa shape index (κ2) is 7.56. The zero-order valence-corrected chi connectivity index (χ0v) is 11.7. The second-order valence-electron chi connectivity index (χ2n) is 3.67. The van der Waals surface area contributed by atoms with Crippen LogP contribution in [0, 0.1) is 0 Å². The van der Waals surface area contributed by atoms with Gasteiger partial charge in [-0.05, 0) is 31.0 Å². The zero-order chi connectivity index (χ0) is 12.7. The number of aromatic hydroxyl groups is 1. The van der Waals surface area contributed by atoms with Crippen molar-refractivity contribution in [3.05, 3.63) is 28.8 Å². The fourth-order valence-electron chi connectivity index (χ4n) is 1.35. The Kier molecular flexibility index (Phi) is 6.37. The van der Waals surface area contributed by atoms with Gasteiger partial charge in [-0.25, -0.2) is 0 Å². The van der Waals surface area contributed by atoms with Gasteiger partial charge in [0.05, 0.1) is 5.02 Å². The monoisotopic (exact) mass is 319 g/mol. The average Bonchev–Trinajstić information content (AvgIpc) is 2.32. The van der Waals surface area contributed by atoms with Crippen molar-refractivity contribution in [3.8, 4) is 5.75 Å². The van der Waals surface area contributed by atoms with Crippen molar-refractivity contribution in [3.63, 3.8) is 0 Å². The lowest BCUT2D eigenvalue weighted by Gasteiger charge is -2.05. The number of carbonyl (C=O) groups is 1. The summed E-state index contributed by atoms with van der Waals surface area (Å²) in [6, 6.07) is 4.43. The summed E-state index contributed by atoms with van der Waals surface area (Å²) in [4.78, 5) is 11.7. The molecule has 94 valence electrons. The van der Waals surface area contributed by atoms with Gasteiger partial charge in [-0.2, -0.15) is 0 Å². The van der Waals surface area contributed by atoms with Crippen LogP contribution in [0.25, 0.3) is 0 Å². The molecular weight excluding hydrogens is 305 g/mol. The lowest BCUT2D eigenvalue weighted by atomic mass is 10.2. The molecule has 17 heavy (non-hydrogen) atoms. The molecule has 0 aliphatic carbocycles. The standard InChI is InChI=1S/C12H15BrClNO2/c13-6-2-1-3-7-15-12(17)9-4-5-11(16)10(14)8-9/h4-5,8,16H,1-3,6-7H2,(H,15,17). The number of carbonyl (C=O) groups excluding carboxylic acids is 1. The molecule has 1 rings (SSSR count). The average molecular weight is 321 g/mol. The largest absolute Gasteiger partial charge is 0.506 e. The summed E-state index contributed by atoms with van der Waals surface area (Å²) in [5, 5.41) is 13.2. The fraction of sp³-hybridized carbons (Fsp3) is 0.417. The quantitative estimate of drug-likeness (QED) is 0.624. The van der Waals surface area contributed by atoms with E-state index in [4.69, 9.17) is 11.6 Å². The molecule has 1 aromatic rings. The molecule has 0 aromatic heterocycles. The minimum atomic E-state index is -0.161. The second-order valence-corrected chi connectivity index (χ2v) is 4.87. The van der Waals surface area contributed by atoms with Gasteiger partial charge < -0.3 is 10.4 Å². The third-order valence-electron chi connectivity index (χ3n) is 2.31. The van der Waals surface area contributed by atoms with Crippen molar-refractivity contribution >= 4 is 33.4 Å². The number of hydrogen-bond acceptors (Lipinski definition) is 2. The van der Waals surface area contributed by atoms with Gasteiger partial charge in [0.1, 0.15) is 5.75 Å². The van der Waals surface area contributed by atoms with Gasteiger partial charge >= 0.3 is 0 Å². The van der Waals surface area contributed by atoms with E-state index in [1.165, 1.54) is 12.1 Å². The van der Waals surface area contributed by atoms with Gasteiger partial charge in [-0.1, -0.05) is 34.0 Å². The van der Waals surface area contributed by atoms with Crippen LogP contribution in [0.3, 0.4) is 0 Å². The molecule has 0 aliphatic rings. The van der Waals surface area contributed by atoms with Crippen LogP contribution in [0.1, 0.15) is 29.6 Å². The molecule has 0 bridgehead atoms. The lowest BCUT2D eigenvalue weighted by molar-refractivity contribution is 0.0953. The van der Waals surface area contributed by atoms with Gasteiger partial charge in [-0.15, -0.1) is 0 Å². The van der Waals surface area contributed by atoms with E-state index in [2.05, 4.69) is 21.2 Å². The predicted octanol–water partition coefficient (Wildman–Crippen LogP) is 3.34. The van der Waals surface area contributed by atoms with E-state index in [1.54, 1.807) is 6.07 Å². The minimum absolute atomic E-state index is 0.0134. The molecule has 2 N–H and O–H groups in total. The number of phenolic OH excluding ortho intramolecular Hbond substituents is 1. The van der Waals surface area contributed by atoms with E-state index in [0.29, 0.717) is 12.1 Å². The molecule has 0 aliphatic heterocycles. The first-order chi connectivity index (χ1) is 8.15. The summed E-state index contributed by atoms with van der Waals surface area (Å²) in [5.41, 5.74) is 0.466. The van der Waals surface area contributed by atoms with Crippen LogP contribution in [0.15, 0.2) is 18.2 Å². The number of hydrogen-bond donors (Lipinski definition) is 2. The molecule has 0 fully saturated rings. The SMILES string of the molecule is O=C(NCCCCCBr)c1ccc(O)c(Cl)c1. The van der Waals surface area contributed by atoms with Crippen LogP contribution in [0.5, 0.6) is 5.75 Å². The molecule has 0 unspecified atom stereocenters. The van der Waals surface area contributed by atoms with Crippen molar-refractivity contribution in [2.24, 2.45) is 0 Å². The Hall–Kier alpha value is -0.740. The molecule has 1 aromatic carbocycles. The van der Waals surface area contributed by atoms with Gasteiger partial charge in [0.15, 0.2) is 0 Å². The van der Waals surface area contributed by atoms with Crippen LogP contribution in [-0.2, 0) is 0 Å². The summed E-state index contributed by atoms with van der Waals surface area (Å²) < 4.78 is 0. The highest BCUT2D eigenvalue weighted by Gasteiger charge is 2.07. The molecule has 0 radical (unpaired) electrons. The van der Waals surface area contributed by atoms with Crippen molar-refractivity contribution in [1.82, 2.24) is 5.32 Å². The summed E-state index contributed by atoms with van der Waals surface area (Å²) in [6.45, 7) is 0.657. The van der Waals surface area contributed by atoms with E-state index >= 15 is 0 Å². The number of nitrogens with one attached hydrogen (secondary N) is 1. The van der Waals surface area contributed by atoms with E-state index in [-0.39, 0.29) is 16.7 Å². The molecule has 5 heteroatoms. The first-order valence-electron chi connectivity index (χ1n) is 5.48. The van der Waals surface area contributed by atoms with Gasteiger partial charge in [0.25, 0.3) is 5.91 Å². The number of halogens is 2. The Morgan fingerprint density at radius 2 is 2.12 bits per heavy atom. The first-order valence-corrected chi connectivity index (χ1v) is 6.97. The van der Waals surface area contributed by atoms with Crippen LogP contribution in [0.2, 0.25) is 5.02 Å². The number of phenols is 1. The number of unbranched alkanes of at least 4 members (excludes halogenated alkanes) is 2. The van der Waals surface area contributed by atoms with Crippen LogP contribution in [-0.4, -0.2) is 22.9 Å². The van der Waals surface area contributed by atoms with Crippen molar-refractivity contribution < 1.29 is 9.90 Å². The normalized spacial score (nSPS) is 10.2. The summed E-state index contributed by atoms with van der Waals surface area (Å²) in [7, 11) is 0. The summed E-state index contributed by atoms with van der Waals surface area (Å²) in [5.74, 6) is -0.175. The minimum Gasteiger partial charge on any atom is -0.506 e. The lowest BCUT2D eigenvalue weighted by Crippen LogP contribution is -2.24. The number of amides is 1. The van der Waals surface area contributed by atoms with E-state index in [0.717, 1.165) is 24.6 Å². The third-order valence-corrected chi connectivity index (χ3v) is 3.17. The number of alkyl halides is 1. The molecule has 0 saturated carbocycles. The maximum Gasteiger partial charge on any atom is 0.251 e. The zero-order valence-electron chi connectivity index (χ0n) is 9.38. The topological polar surface area (TPSA) is 49.3 Å². The Bertz CT molecular complexity index is 385. The Balaban J connectivity index is 2.39. The van der Waals surface area contributed by atoms with Crippen LogP contribution in [0.4, 0.5) is 0 Å². The molecule has 3 nitrogen and oxygen atoms in total. The maximum atomic E-state index is 11.7. The third kappa shape index (κ3) is 4.96.